The fourth-order valence-corrected chi connectivity index (χ4v) is 2.13. The molecule has 2 rings (SSSR count). The third kappa shape index (κ3) is 4.03. The van der Waals surface area contributed by atoms with Crippen LogP contribution < -0.4 is 0 Å². The van der Waals surface area contributed by atoms with E-state index < -0.39 is 0 Å². The van der Waals surface area contributed by atoms with Crippen molar-refractivity contribution in [2.45, 2.75) is 13.1 Å². The Hall–Kier alpha value is -1.94. The molecule has 0 aliphatic carbocycles. The van der Waals surface area contributed by atoms with Gasteiger partial charge in [-0.3, -0.25) is 4.31 Å². The van der Waals surface area contributed by atoms with Gasteiger partial charge in [-0.05, 0) is 11.1 Å². The van der Waals surface area contributed by atoms with Crippen molar-refractivity contribution in [1.29, 1.82) is 0 Å². The summed E-state index contributed by atoms with van der Waals surface area (Å²) < 4.78 is 1.31. The first-order valence-corrected chi connectivity index (χ1v) is 6.86. The first-order valence-electron chi connectivity index (χ1n) is 6.46. The van der Waals surface area contributed by atoms with E-state index in [9.17, 15) is 4.79 Å². The molecular formula is C16H18N2OS. The van der Waals surface area contributed by atoms with Crippen LogP contribution in [0.2, 0.25) is 0 Å². The van der Waals surface area contributed by atoms with Crippen molar-refractivity contribution in [2.75, 3.05) is 7.05 Å². The Balaban J connectivity index is 2.15. The number of nitrogens with zero attached hydrogens (tertiary/aromatic N) is 2. The van der Waals surface area contributed by atoms with Gasteiger partial charge in [0.2, 0.25) is 0 Å². The van der Waals surface area contributed by atoms with Gasteiger partial charge in [-0.15, -0.1) is 0 Å². The van der Waals surface area contributed by atoms with Gasteiger partial charge in [0.05, 0.1) is 0 Å². The van der Waals surface area contributed by atoms with Crippen LogP contribution in [0.4, 0.5) is 4.79 Å². The van der Waals surface area contributed by atoms with E-state index in [1.54, 1.807) is 11.9 Å². The number of carbonyl (C=O) groups excluding carboxylic acids is 1. The zero-order valence-electron chi connectivity index (χ0n) is 11.4. The standard InChI is InChI=1S/C16H18N2OS/c1-17(20)16(19)18(12-14-8-4-2-5-9-14)13-15-10-6-3-7-11-15/h2-11,20H,12-13H2,1H3. The molecule has 2 amide bonds. The predicted octanol–water partition coefficient (Wildman–Crippen LogP) is 3.59. The summed E-state index contributed by atoms with van der Waals surface area (Å²) in [6, 6.07) is 19.8. The van der Waals surface area contributed by atoms with Crippen LogP contribution in [0.25, 0.3) is 0 Å². The fourth-order valence-electron chi connectivity index (χ4n) is 2.00. The monoisotopic (exact) mass is 286 g/mol. The minimum atomic E-state index is -0.110. The number of urea groups is 1. The topological polar surface area (TPSA) is 23.6 Å². The third-order valence-electron chi connectivity index (χ3n) is 2.98. The maximum Gasteiger partial charge on any atom is 0.330 e. The van der Waals surface area contributed by atoms with E-state index >= 15 is 0 Å². The van der Waals surface area contributed by atoms with Crippen molar-refractivity contribution in [3.8, 4) is 0 Å². The third-order valence-corrected chi connectivity index (χ3v) is 3.15. The van der Waals surface area contributed by atoms with E-state index in [0.29, 0.717) is 13.1 Å². The quantitative estimate of drug-likeness (QED) is 0.853. The van der Waals surface area contributed by atoms with Crippen LogP contribution >= 0.6 is 12.8 Å². The molecule has 0 saturated heterocycles. The largest absolute Gasteiger partial charge is 0.330 e. The van der Waals surface area contributed by atoms with Gasteiger partial charge in [0.1, 0.15) is 0 Å². The second-order valence-electron chi connectivity index (χ2n) is 4.63. The number of thiol groups is 1. The van der Waals surface area contributed by atoms with Gasteiger partial charge in [-0.1, -0.05) is 73.5 Å². The van der Waals surface area contributed by atoms with E-state index in [1.165, 1.54) is 4.31 Å². The molecule has 104 valence electrons. The van der Waals surface area contributed by atoms with Crippen LogP contribution in [0.1, 0.15) is 11.1 Å². The van der Waals surface area contributed by atoms with Crippen molar-refractivity contribution >= 4 is 18.8 Å². The average Bonchev–Trinajstić information content (AvgIpc) is 2.48. The molecule has 0 aromatic heterocycles. The fraction of sp³-hybridized carbons (Fsp3) is 0.188. The van der Waals surface area contributed by atoms with Gasteiger partial charge >= 0.3 is 6.03 Å². The lowest BCUT2D eigenvalue weighted by atomic mass is 10.2. The van der Waals surface area contributed by atoms with Crippen LogP contribution in [0.3, 0.4) is 0 Å². The first kappa shape index (κ1) is 14.5. The van der Waals surface area contributed by atoms with Gasteiger partial charge in [0.15, 0.2) is 0 Å². The van der Waals surface area contributed by atoms with E-state index in [2.05, 4.69) is 12.8 Å². The Bertz CT molecular complexity index is 501. The molecule has 0 spiro atoms. The molecule has 0 atom stereocenters. The number of hydrogen-bond acceptors (Lipinski definition) is 2. The van der Waals surface area contributed by atoms with Gasteiger partial charge in [-0.25, -0.2) is 4.79 Å². The highest BCUT2D eigenvalue weighted by atomic mass is 32.1. The summed E-state index contributed by atoms with van der Waals surface area (Å²) in [5, 5.41) is 0. The summed E-state index contributed by atoms with van der Waals surface area (Å²) in [7, 11) is 1.65. The molecule has 0 N–H and O–H groups in total. The summed E-state index contributed by atoms with van der Waals surface area (Å²) in [4.78, 5) is 14.0. The molecule has 4 heteroatoms. The Labute approximate surface area is 125 Å². The van der Waals surface area contributed by atoms with Crippen LogP contribution in [-0.2, 0) is 13.1 Å². The molecule has 0 radical (unpaired) electrons. The molecule has 0 bridgehead atoms. The maximum atomic E-state index is 12.2. The maximum absolute atomic E-state index is 12.2. The highest BCUT2D eigenvalue weighted by Crippen LogP contribution is 2.12. The predicted molar refractivity (Wildman–Crippen MR) is 84.3 cm³/mol. The Morgan fingerprint density at radius 3 is 1.65 bits per heavy atom. The van der Waals surface area contributed by atoms with Gasteiger partial charge in [0, 0.05) is 20.1 Å². The number of benzene rings is 2. The molecule has 0 heterocycles. The Kier molecular flexibility index (Phi) is 5.07. The molecule has 0 fully saturated rings. The van der Waals surface area contributed by atoms with E-state index in [4.69, 9.17) is 0 Å². The second-order valence-corrected chi connectivity index (χ2v) is 5.23. The lowest BCUT2D eigenvalue weighted by Gasteiger charge is -2.25. The molecule has 2 aromatic rings. The summed E-state index contributed by atoms with van der Waals surface area (Å²) in [6.45, 7) is 1.14. The van der Waals surface area contributed by atoms with E-state index in [-0.39, 0.29) is 6.03 Å². The van der Waals surface area contributed by atoms with Crippen molar-refractivity contribution in [3.63, 3.8) is 0 Å². The molecule has 3 nitrogen and oxygen atoms in total. The molecule has 0 unspecified atom stereocenters. The molecule has 0 saturated carbocycles. The first-order chi connectivity index (χ1) is 9.66. The molecular weight excluding hydrogens is 268 g/mol. The lowest BCUT2D eigenvalue weighted by Crippen LogP contribution is -2.36. The summed E-state index contributed by atoms with van der Waals surface area (Å²) in [5.41, 5.74) is 2.21. The highest BCUT2D eigenvalue weighted by molar-refractivity contribution is 7.78. The van der Waals surface area contributed by atoms with Gasteiger partial charge in [0.25, 0.3) is 0 Å². The average molecular weight is 286 g/mol. The lowest BCUT2D eigenvalue weighted by molar-refractivity contribution is 0.180. The van der Waals surface area contributed by atoms with Crippen molar-refractivity contribution in [2.24, 2.45) is 0 Å². The normalized spacial score (nSPS) is 10.1. The van der Waals surface area contributed by atoms with Gasteiger partial charge in [-0.2, -0.15) is 0 Å². The number of amides is 2. The molecule has 0 aliphatic rings. The Morgan fingerprint density at radius 1 is 0.900 bits per heavy atom. The number of rotatable bonds is 4. The molecule has 0 aliphatic heterocycles. The smallest absolute Gasteiger partial charge is 0.315 e. The van der Waals surface area contributed by atoms with Crippen molar-refractivity contribution < 1.29 is 4.79 Å². The van der Waals surface area contributed by atoms with Crippen molar-refractivity contribution in [1.82, 2.24) is 9.21 Å². The number of carbonyl (C=O) groups is 1. The Morgan fingerprint density at radius 2 is 1.30 bits per heavy atom. The van der Waals surface area contributed by atoms with Crippen LogP contribution in [0.15, 0.2) is 60.7 Å². The van der Waals surface area contributed by atoms with Gasteiger partial charge < -0.3 is 4.90 Å². The molecule has 20 heavy (non-hydrogen) atoms. The zero-order chi connectivity index (χ0) is 14.4. The van der Waals surface area contributed by atoms with E-state index in [1.807, 2.05) is 60.7 Å². The van der Waals surface area contributed by atoms with Crippen LogP contribution in [0, 0.1) is 0 Å². The zero-order valence-corrected chi connectivity index (χ0v) is 12.3. The van der Waals surface area contributed by atoms with E-state index in [0.717, 1.165) is 11.1 Å². The second kappa shape index (κ2) is 7.01. The van der Waals surface area contributed by atoms with Crippen molar-refractivity contribution in [3.05, 3.63) is 71.8 Å². The highest BCUT2D eigenvalue weighted by Gasteiger charge is 2.16. The minimum Gasteiger partial charge on any atom is -0.315 e. The van der Waals surface area contributed by atoms with Crippen LogP contribution in [-0.4, -0.2) is 22.3 Å². The summed E-state index contributed by atoms with van der Waals surface area (Å²) >= 11 is 4.11. The number of hydrogen-bond donors (Lipinski definition) is 1. The SMILES string of the molecule is CN(S)C(=O)N(Cc1ccccc1)Cc1ccccc1. The summed E-state index contributed by atoms with van der Waals surface area (Å²) in [5.74, 6) is 0. The van der Waals surface area contributed by atoms with Crippen LogP contribution in [0.5, 0.6) is 0 Å². The minimum absolute atomic E-state index is 0.110. The summed E-state index contributed by atoms with van der Waals surface area (Å²) in [6.07, 6.45) is 0. The molecule has 2 aromatic carbocycles.